The number of carbonyl (C=O) groups is 1. The molecule has 1 saturated heterocycles. The van der Waals surface area contributed by atoms with Gasteiger partial charge >= 0.3 is 0 Å². The van der Waals surface area contributed by atoms with Crippen molar-refractivity contribution in [1.29, 1.82) is 0 Å². The Morgan fingerprint density at radius 1 is 1.16 bits per heavy atom. The van der Waals surface area contributed by atoms with Crippen LogP contribution in [0.3, 0.4) is 0 Å². The normalized spacial score (nSPS) is 15.1. The second kappa shape index (κ2) is 9.68. The largest absolute Gasteiger partial charge is 0.495 e. The summed E-state index contributed by atoms with van der Waals surface area (Å²) >= 11 is 12.0. The van der Waals surface area contributed by atoms with E-state index >= 15 is 0 Å². The third kappa shape index (κ3) is 5.36. The van der Waals surface area contributed by atoms with Gasteiger partial charge in [0.1, 0.15) is 5.75 Å². The number of rotatable bonds is 6. The van der Waals surface area contributed by atoms with Gasteiger partial charge in [-0.3, -0.25) is 9.69 Å². The van der Waals surface area contributed by atoms with E-state index in [9.17, 15) is 4.79 Å². The van der Waals surface area contributed by atoms with E-state index in [2.05, 4.69) is 20.4 Å². The van der Waals surface area contributed by atoms with E-state index in [1.807, 2.05) is 12.1 Å². The average molecular weight is 461 g/mol. The van der Waals surface area contributed by atoms with Gasteiger partial charge in [-0.05, 0) is 68.4 Å². The third-order valence-corrected chi connectivity index (χ3v) is 5.79. The molecule has 0 saturated carbocycles. The quantitative estimate of drug-likeness (QED) is 0.563. The van der Waals surface area contributed by atoms with Gasteiger partial charge < -0.3 is 14.6 Å². The molecule has 31 heavy (non-hydrogen) atoms. The van der Waals surface area contributed by atoms with E-state index < -0.39 is 0 Å². The van der Waals surface area contributed by atoms with Crippen LogP contribution in [0.5, 0.6) is 5.75 Å². The summed E-state index contributed by atoms with van der Waals surface area (Å²) in [5, 5.41) is 8.20. The highest BCUT2D eigenvalue weighted by Crippen LogP contribution is 2.29. The Labute approximate surface area is 190 Å². The van der Waals surface area contributed by atoms with Crippen LogP contribution in [-0.2, 0) is 11.3 Å². The van der Waals surface area contributed by atoms with Crippen molar-refractivity contribution in [3.8, 4) is 17.1 Å². The molecule has 162 valence electrons. The lowest BCUT2D eigenvalue weighted by Crippen LogP contribution is -2.37. The highest BCUT2D eigenvalue weighted by Gasteiger charge is 2.26. The standard InChI is InChI=1S/C22H22Cl2N4O3/c1-30-19-7-6-17(24)12-18(19)25-22(29)15-8-10-28(11-9-15)13-20-26-21(27-31-20)14-2-4-16(23)5-3-14/h2-7,12,15H,8-11,13H2,1H3,(H,25,29). The smallest absolute Gasteiger partial charge is 0.241 e. The number of aromatic nitrogens is 2. The number of amides is 1. The maximum atomic E-state index is 12.7. The fraction of sp³-hybridized carbons (Fsp3) is 0.318. The predicted octanol–water partition coefficient (Wildman–Crippen LogP) is 4.90. The molecule has 2 heterocycles. The fourth-order valence-corrected chi connectivity index (χ4v) is 3.89. The van der Waals surface area contributed by atoms with Gasteiger partial charge in [0.2, 0.25) is 17.6 Å². The molecule has 7 nitrogen and oxygen atoms in total. The zero-order chi connectivity index (χ0) is 21.8. The molecule has 2 aromatic carbocycles. The molecular weight excluding hydrogens is 439 g/mol. The fourth-order valence-electron chi connectivity index (χ4n) is 3.59. The van der Waals surface area contributed by atoms with Gasteiger partial charge in [0.15, 0.2) is 0 Å². The molecule has 4 rings (SSSR count). The molecule has 1 aliphatic rings. The Morgan fingerprint density at radius 3 is 2.58 bits per heavy atom. The monoisotopic (exact) mass is 460 g/mol. The van der Waals surface area contributed by atoms with Gasteiger partial charge in [-0.2, -0.15) is 4.98 Å². The molecule has 1 amide bonds. The number of hydrogen-bond acceptors (Lipinski definition) is 6. The van der Waals surface area contributed by atoms with Crippen LogP contribution in [-0.4, -0.2) is 41.1 Å². The molecular formula is C22H22Cl2N4O3. The Bertz CT molecular complexity index is 1050. The van der Waals surface area contributed by atoms with Gasteiger partial charge in [-0.15, -0.1) is 0 Å². The van der Waals surface area contributed by atoms with Crippen LogP contribution in [0, 0.1) is 5.92 Å². The molecule has 3 aromatic rings. The van der Waals surface area contributed by atoms with Crippen LogP contribution in [0.25, 0.3) is 11.4 Å². The van der Waals surface area contributed by atoms with E-state index in [0.717, 1.165) is 31.5 Å². The van der Waals surface area contributed by atoms with Gasteiger partial charge in [-0.25, -0.2) is 0 Å². The Morgan fingerprint density at radius 2 is 1.87 bits per heavy atom. The van der Waals surface area contributed by atoms with Crippen molar-refractivity contribution >= 4 is 34.8 Å². The van der Waals surface area contributed by atoms with Crippen molar-refractivity contribution in [2.24, 2.45) is 5.92 Å². The number of anilines is 1. The molecule has 0 spiro atoms. The van der Waals surface area contributed by atoms with Crippen LogP contribution in [0.1, 0.15) is 18.7 Å². The van der Waals surface area contributed by atoms with E-state index in [1.165, 1.54) is 0 Å². The number of nitrogens with zero attached hydrogens (tertiary/aromatic N) is 3. The average Bonchev–Trinajstić information content (AvgIpc) is 3.23. The zero-order valence-electron chi connectivity index (χ0n) is 17.0. The summed E-state index contributed by atoms with van der Waals surface area (Å²) in [5.74, 6) is 1.58. The van der Waals surface area contributed by atoms with Crippen LogP contribution >= 0.6 is 23.2 Å². The number of nitrogens with one attached hydrogen (secondary N) is 1. The number of methoxy groups -OCH3 is 1. The molecule has 0 atom stereocenters. The topological polar surface area (TPSA) is 80.5 Å². The minimum absolute atomic E-state index is 0.0250. The zero-order valence-corrected chi connectivity index (χ0v) is 18.5. The first kappa shape index (κ1) is 21.6. The predicted molar refractivity (Wildman–Crippen MR) is 119 cm³/mol. The maximum Gasteiger partial charge on any atom is 0.241 e. The second-order valence-corrected chi connectivity index (χ2v) is 8.28. The van der Waals surface area contributed by atoms with Crippen LogP contribution in [0.2, 0.25) is 10.0 Å². The van der Waals surface area contributed by atoms with Gasteiger partial charge in [0.25, 0.3) is 0 Å². The number of halogens is 2. The molecule has 1 aromatic heterocycles. The summed E-state index contributed by atoms with van der Waals surface area (Å²) in [6.45, 7) is 2.09. The van der Waals surface area contributed by atoms with E-state index in [0.29, 0.717) is 39.7 Å². The molecule has 0 unspecified atom stereocenters. The third-order valence-electron chi connectivity index (χ3n) is 5.31. The van der Waals surface area contributed by atoms with Crippen molar-refractivity contribution in [3.63, 3.8) is 0 Å². The second-order valence-electron chi connectivity index (χ2n) is 7.40. The molecule has 1 fully saturated rings. The first-order valence-corrected chi connectivity index (χ1v) is 10.7. The van der Waals surface area contributed by atoms with Crippen LogP contribution in [0.4, 0.5) is 5.69 Å². The Kier molecular flexibility index (Phi) is 6.75. The minimum atomic E-state index is -0.0766. The first-order chi connectivity index (χ1) is 15.0. The van der Waals surface area contributed by atoms with E-state index in [-0.39, 0.29) is 11.8 Å². The van der Waals surface area contributed by atoms with Gasteiger partial charge in [-0.1, -0.05) is 28.4 Å². The summed E-state index contributed by atoms with van der Waals surface area (Å²) in [6.07, 6.45) is 1.49. The Hall–Kier alpha value is -2.61. The summed E-state index contributed by atoms with van der Waals surface area (Å²) in [6, 6.07) is 12.5. The maximum absolute atomic E-state index is 12.7. The van der Waals surface area contributed by atoms with Crippen LogP contribution < -0.4 is 10.1 Å². The highest BCUT2D eigenvalue weighted by molar-refractivity contribution is 6.31. The number of piperidine rings is 1. The van der Waals surface area contributed by atoms with Crippen molar-refractivity contribution in [3.05, 3.63) is 58.4 Å². The highest BCUT2D eigenvalue weighted by atomic mass is 35.5. The molecule has 9 heteroatoms. The SMILES string of the molecule is COc1ccc(Cl)cc1NC(=O)C1CCN(Cc2nc(-c3ccc(Cl)cc3)no2)CC1. The number of carbonyl (C=O) groups excluding carboxylic acids is 1. The van der Waals surface area contributed by atoms with Gasteiger partial charge in [0.05, 0.1) is 19.3 Å². The molecule has 0 radical (unpaired) electrons. The number of hydrogen-bond donors (Lipinski definition) is 1. The van der Waals surface area contributed by atoms with Gasteiger partial charge in [0, 0.05) is 21.5 Å². The Balaban J connectivity index is 1.30. The number of ether oxygens (including phenoxy) is 1. The van der Waals surface area contributed by atoms with Crippen molar-refractivity contribution in [2.45, 2.75) is 19.4 Å². The summed E-state index contributed by atoms with van der Waals surface area (Å²) in [5.41, 5.74) is 1.44. The number of benzene rings is 2. The lowest BCUT2D eigenvalue weighted by molar-refractivity contribution is -0.121. The van der Waals surface area contributed by atoms with E-state index in [1.54, 1.807) is 37.4 Å². The minimum Gasteiger partial charge on any atom is -0.495 e. The van der Waals surface area contributed by atoms with Crippen LogP contribution in [0.15, 0.2) is 47.0 Å². The summed E-state index contributed by atoms with van der Waals surface area (Å²) in [7, 11) is 1.56. The van der Waals surface area contributed by atoms with Crippen molar-refractivity contribution < 1.29 is 14.1 Å². The van der Waals surface area contributed by atoms with Crippen molar-refractivity contribution in [2.75, 3.05) is 25.5 Å². The summed E-state index contributed by atoms with van der Waals surface area (Å²) in [4.78, 5) is 19.4. The molecule has 0 bridgehead atoms. The van der Waals surface area contributed by atoms with E-state index in [4.69, 9.17) is 32.5 Å². The number of likely N-dealkylation sites (tertiary alicyclic amines) is 1. The summed E-state index contributed by atoms with van der Waals surface area (Å²) < 4.78 is 10.7. The molecule has 0 aliphatic carbocycles. The molecule has 1 aliphatic heterocycles. The lowest BCUT2D eigenvalue weighted by Gasteiger charge is -2.30. The molecule has 1 N–H and O–H groups in total. The van der Waals surface area contributed by atoms with Crippen molar-refractivity contribution in [1.82, 2.24) is 15.0 Å². The lowest BCUT2D eigenvalue weighted by atomic mass is 9.96. The first-order valence-electron chi connectivity index (χ1n) is 9.97.